The first kappa shape index (κ1) is 12.6. The van der Waals surface area contributed by atoms with Crippen LogP contribution in [-0.2, 0) is 14.2 Å². The molecule has 0 radical (unpaired) electrons. The van der Waals surface area contributed by atoms with Crippen molar-refractivity contribution >= 4 is 0 Å². The van der Waals surface area contributed by atoms with Crippen LogP contribution < -0.4 is 5.73 Å². The second kappa shape index (κ2) is 11.6. The summed E-state index contributed by atoms with van der Waals surface area (Å²) < 4.78 is 15.4. The zero-order valence-corrected chi connectivity index (χ0v) is 8.04. The van der Waals surface area contributed by atoms with E-state index in [2.05, 4.69) is 6.58 Å². The molecule has 13 heavy (non-hydrogen) atoms. The van der Waals surface area contributed by atoms with Gasteiger partial charge >= 0.3 is 0 Å². The molecule has 0 heterocycles. The standard InChI is InChI=1S/C9H19NO3/c1-2-4-11-6-8-13-9-7-12-5-3-10/h2H,1,3-10H2. The van der Waals surface area contributed by atoms with Crippen molar-refractivity contribution in [3.8, 4) is 0 Å². The first-order valence-corrected chi connectivity index (χ1v) is 4.46. The Bertz CT molecular complexity index is 109. The van der Waals surface area contributed by atoms with Crippen LogP contribution in [0.4, 0.5) is 0 Å². The van der Waals surface area contributed by atoms with E-state index in [1.807, 2.05) is 0 Å². The molecular formula is C9H19NO3. The molecule has 0 aromatic rings. The summed E-state index contributed by atoms with van der Waals surface area (Å²) >= 11 is 0. The molecule has 78 valence electrons. The number of rotatable bonds is 10. The van der Waals surface area contributed by atoms with Crippen molar-refractivity contribution in [3.05, 3.63) is 12.7 Å². The minimum atomic E-state index is 0.558. The highest BCUT2D eigenvalue weighted by molar-refractivity contribution is 4.63. The van der Waals surface area contributed by atoms with Crippen molar-refractivity contribution in [1.29, 1.82) is 0 Å². The topological polar surface area (TPSA) is 53.7 Å². The lowest BCUT2D eigenvalue weighted by Crippen LogP contribution is -2.13. The Balaban J connectivity index is 2.79. The fourth-order valence-electron chi connectivity index (χ4n) is 0.690. The van der Waals surface area contributed by atoms with E-state index in [9.17, 15) is 0 Å². The summed E-state index contributed by atoms with van der Waals surface area (Å²) in [6.07, 6.45) is 1.71. The van der Waals surface area contributed by atoms with E-state index in [1.54, 1.807) is 6.08 Å². The van der Waals surface area contributed by atoms with Gasteiger partial charge in [-0.05, 0) is 0 Å². The van der Waals surface area contributed by atoms with Gasteiger partial charge in [-0.25, -0.2) is 0 Å². The van der Waals surface area contributed by atoms with Crippen molar-refractivity contribution in [3.63, 3.8) is 0 Å². The van der Waals surface area contributed by atoms with Gasteiger partial charge in [-0.1, -0.05) is 6.08 Å². The first-order chi connectivity index (χ1) is 6.41. The molecular weight excluding hydrogens is 170 g/mol. The van der Waals surface area contributed by atoms with Gasteiger partial charge in [-0.15, -0.1) is 6.58 Å². The van der Waals surface area contributed by atoms with E-state index in [4.69, 9.17) is 19.9 Å². The van der Waals surface area contributed by atoms with Gasteiger partial charge in [0.25, 0.3) is 0 Å². The summed E-state index contributed by atoms with van der Waals surface area (Å²) in [5.41, 5.74) is 5.23. The Morgan fingerprint density at radius 2 is 1.46 bits per heavy atom. The van der Waals surface area contributed by atoms with E-state index in [1.165, 1.54) is 0 Å². The minimum Gasteiger partial charge on any atom is -0.378 e. The smallest absolute Gasteiger partial charge is 0.0704 e. The number of nitrogens with two attached hydrogens (primary N) is 1. The summed E-state index contributed by atoms with van der Waals surface area (Å²) in [6, 6.07) is 0. The predicted octanol–water partition coefficient (Wildman–Crippen LogP) is 0.181. The van der Waals surface area contributed by atoms with Crippen LogP contribution in [0.1, 0.15) is 0 Å². The summed E-state index contributed by atoms with van der Waals surface area (Å²) in [5, 5.41) is 0. The molecule has 4 heteroatoms. The van der Waals surface area contributed by atoms with Crippen LogP contribution in [0, 0.1) is 0 Å². The maximum Gasteiger partial charge on any atom is 0.0704 e. The van der Waals surface area contributed by atoms with Crippen molar-refractivity contribution in [2.45, 2.75) is 0 Å². The van der Waals surface area contributed by atoms with Gasteiger partial charge in [0.1, 0.15) is 0 Å². The summed E-state index contributed by atoms with van der Waals surface area (Å²) in [6.45, 7) is 7.65. The molecule has 0 unspecified atom stereocenters. The molecule has 0 spiro atoms. The van der Waals surface area contributed by atoms with Gasteiger partial charge in [0.15, 0.2) is 0 Å². The van der Waals surface area contributed by atoms with E-state index in [-0.39, 0.29) is 0 Å². The molecule has 0 aromatic carbocycles. The lowest BCUT2D eigenvalue weighted by atomic mass is 10.6. The third kappa shape index (κ3) is 11.6. The first-order valence-electron chi connectivity index (χ1n) is 4.46. The molecule has 0 saturated heterocycles. The van der Waals surface area contributed by atoms with Crippen LogP contribution in [0.3, 0.4) is 0 Å². The quantitative estimate of drug-likeness (QED) is 0.393. The van der Waals surface area contributed by atoms with E-state index in [0.29, 0.717) is 46.2 Å². The van der Waals surface area contributed by atoms with E-state index in [0.717, 1.165) is 0 Å². The van der Waals surface area contributed by atoms with Gasteiger partial charge in [0.05, 0.1) is 39.6 Å². The molecule has 4 nitrogen and oxygen atoms in total. The molecule has 0 atom stereocenters. The molecule has 0 aliphatic carbocycles. The lowest BCUT2D eigenvalue weighted by Gasteiger charge is -2.04. The normalized spacial score (nSPS) is 10.2. The third-order valence-electron chi connectivity index (χ3n) is 1.24. The Morgan fingerprint density at radius 1 is 0.923 bits per heavy atom. The van der Waals surface area contributed by atoms with Crippen molar-refractivity contribution in [2.24, 2.45) is 5.73 Å². The fourth-order valence-corrected chi connectivity index (χ4v) is 0.690. The average Bonchev–Trinajstić information content (AvgIpc) is 2.16. The van der Waals surface area contributed by atoms with Crippen LogP contribution >= 0.6 is 0 Å². The number of ether oxygens (including phenoxy) is 3. The van der Waals surface area contributed by atoms with Gasteiger partial charge in [-0.2, -0.15) is 0 Å². The monoisotopic (exact) mass is 189 g/mol. The molecule has 0 bridgehead atoms. The van der Waals surface area contributed by atoms with Crippen LogP contribution in [0.5, 0.6) is 0 Å². The second-order valence-corrected chi connectivity index (χ2v) is 2.38. The highest BCUT2D eigenvalue weighted by Gasteiger charge is 1.88. The highest BCUT2D eigenvalue weighted by Crippen LogP contribution is 1.80. The van der Waals surface area contributed by atoms with Crippen LogP contribution in [0.2, 0.25) is 0 Å². The molecule has 0 fully saturated rings. The largest absolute Gasteiger partial charge is 0.378 e. The number of hydrogen-bond donors (Lipinski definition) is 1. The molecule has 0 saturated carbocycles. The molecule has 0 aromatic heterocycles. The average molecular weight is 189 g/mol. The molecule has 2 N–H and O–H groups in total. The summed E-state index contributed by atoms with van der Waals surface area (Å²) in [5.74, 6) is 0. The van der Waals surface area contributed by atoms with Gasteiger partial charge < -0.3 is 19.9 Å². The second-order valence-electron chi connectivity index (χ2n) is 2.38. The van der Waals surface area contributed by atoms with E-state index >= 15 is 0 Å². The zero-order valence-electron chi connectivity index (χ0n) is 8.04. The Hall–Kier alpha value is -0.420. The molecule has 0 amide bonds. The van der Waals surface area contributed by atoms with Gasteiger partial charge in [0, 0.05) is 6.54 Å². The van der Waals surface area contributed by atoms with E-state index < -0.39 is 0 Å². The zero-order chi connectivity index (χ0) is 9.78. The lowest BCUT2D eigenvalue weighted by molar-refractivity contribution is 0.0212. The Kier molecular flexibility index (Phi) is 11.2. The fraction of sp³-hybridized carbons (Fsp3) is 0.778. The summed E-state index contributed by atoms with van der Waals surface area (Å²) in [7, 11) is 0. The maximum atomic E-state index is 5.23. The predicted molar refractivity (Wildman–Crippen MR) is 51.7 cm³/mol. The highest BCUT2D eigenvalue weighted by atomic mass is 16.5. The molecule has 0 aliphatic heterocycles. The van der Waals surface area contributed by atoms with Gasteiger partial charge in [-0.3, -0.25) is 0 Å². The molecule has 0 rings (SSSR count). The SMILES string of the molecule is C=CCOCCOCCOCCN. The Morgan fingerprint density at radius 3 is 2.00 bits per heavy atom. The summed E-state index contributed by atoms with van der Waals surface area (Å²) in [4.78, 5) is 0. The minimum absolute atomic E-state index is 0.558. The van der Waals surface area contributed by atoms with Crippen LogP contribution in [0.25, 0.3) is 0 Å². The third-order valence-corrected chi connectivity index (χ3v) is 1.24. The van der Waals surface area contributed by atoms with Crippen molar-refractivity contribution < 1.29 is 14.2 Å². The maximum absolute atomic E-state index is 5.23. The van der Waals surface area contributed by atoms with Crippen molar-refractivity contribution in [1.82, 2.24) is 0 Å². The van der Waals surface area contributed by atoms with Crippen LogP contribution in [0.15, 0.2) is 12.7 Å². The van der Waals surface area contributed by atoms with Crippen LogP contribution in [-0.4, -0.2) is 46.2 Å². The van der Waals surface area contributed by atoms with Crippen molar-refractivity contribution in [2.75, 3.05) is 46.2 Å². The molecule has 0 aliphatic rings. The van der Waals surface area contributed by atoms with Gasteiger partial charge in [0.2, 0.25) is 0 Å². The number of hydrogen-bond acceptors (Lipinski definition) is 4. The Labute approximate surface area is 79.6 Å².